The Morgan fingerprint density at radius 1 is 1.36 bits per heavy atom. The van der Waals surface area contributed by atoms with Crippen molar-refractivity contribution in [1.29, 1.82) is 0 Å². The highest BCUT2D eigenvalue weighted by Gasteiger charge is 2.37. The number of carbonyl (C=O) groups excluding carboxylic acids is 2. The van der Waals surface area contributed by atoms with E-state index in [4.69, 9.17) is 0 Å². The Morgan fingerprint density at radius 3 is 2.57 bits per heavy atom. The Morgan fingerprint density at radius 2 is 2.14 bits per heavy atom. The molecule has 14 heavy (non-hydrogen) atoms. The first-order valence-electron chi connectivity index (χ1n) is 5.16. The number of amides is 2. The molecule has 2 aliphatic carbocycles. The van der Waals surface area contributed by atoms with Crippen molar-refractivity contribution < 1.29 is 9.59 Å². The Bertz CT molecular complexity index is 238. The maximum absolute atomic E-state index is 11.6. The summed E-state index contributed by atoms with van der Waals surface area (Å²) < 4.78 is 0. The highest BCUT2D eigenvalue weighted by molar-refractivity contribution is 5.82. The average molecular weight is 195 g/mol. The third-order valence-electron chi connectivity index (χ3n) is 3.15. The minimum Gasteiger partial charge on any atom is -0.355 e. The Balaban J connectivity index is 1.76. The first-order chi connectivity index (χ1) is 6.81. The first-order valence-corrected chi connectivity index (χ1v) is 5.16. The molecule has 2 N–H and O–H groups in total. The topological polar surface area (TPSA) is 58.2 Å². The van der Waals surface area contributed by atoms with Crippen LogP contribution >= 0.6 is 0 Å². The highest BCUT2D eigenvalue weighted by atomic mass is 16.2. The van der Waals surface area contributed by atoms with Crippen molar-refractivity contribution >= 4 is 12.3 Å². The Hall–Kier alpha value is -1.06. The van der Waals surface area contributed by atoms with Gasteiger partial charge in [0.2, 0.25) is 12.3 Å². The normalized spacial score (nSPS) is 31.1. The fourth-order valence-electron chi connectivity index (χ4n) is 1.85. The molecule has 0 aliphatic heterocycles. The lowest BCUT2D eigenvalue weighted by Gasteiger charge is -2.37. The minimum atomic E-state index is -0.00620. The van der Waals surface area contributed by atoms with Crippen LogP contribution in [-0.4, -0.2) is 18.4 Å². The largest absolute Gasteiger partial charge is 0.355 e. The summed E-state index contributed by atoms with van der Waals surface area (Å²) in [5.41, 5.74) is 0. The molecule has 0 aromatic rings. The zero-order chi connectivity index (χ0) is 9.97. The van der Waals surface area contributed by atoms with Crippen LogP contribution in [0, 0.1) is 12.0 Å². The fourth-order valence-corrected chi connectivity index (χ4v) is 1.85. The average Bonchev–Trinajstić information content (AvgIpc) is 2.05. The van der Waals surface area contributed by atoms with Crippen LogP contribution in [0.1, 0.15) is 32.1 Å². The van der Waals surface area contributed by atoms with Gasteiger partial charge in [0.05, 0.1) is 12.0 Å². The second kappa shape index (κ2) is 3.98. The molecule has 1 radical (unpaired) electrons. The quantitative estimate of drug-likeness (QED) is 0.636. The van der Waals surface area contributed by atoms with Gasteiger partial charge in [-0.3, -0.25) is 9.59 Å². The summed E-state index contributed by atoms with van der Waals surface area (Å²) in [6.07, 6.45) is 5.75. The van der Waals surface area contributed by atoms with Crippen LogP contribution in [-0.2, 0) is 9.59 Å². The number of hydrogen-bond donors (Lipinski definition) is 2. The van der Waals surface area contributed by atoms with Gasteiger partial charge in [0, 0.05) is 6.04 Å². The van der Waals surface area contributed by atoms with Crippen molar-refractivity contribution in [3.63, 3.8) is 0 Å². The van der Waals surface area contributed by atoms with Gasteiger partial charge < -0.3 is 10.6 Å². The van der Waals surface area contributed by atoms with Gasteiger partial charge in [-0.25, -0.2) is 0 Å². The maximum atomic E-state index is 11.6. The molecule has 0 aromatic heterocycles. The highest BCUT2D eigenvalue weighted by Crippen LogP contribution is 2.30. The smallest absolute Gasteiger partial charge is 0.225 e. The van der Waals surface area contributed by atoms with Crippen LogP contribution in [0.3, 0.4) is 0 Å². The molecule has 2 fully saturated rings. The number of rotatable bonds is 4. The Kier molecular flexibility index (Phi) is 2.70. The molecule has 2 aliphatic rings. The van der Waals surface area contributed by atoms with E-state index in [2.05, 4.69) is 10.6 Å². The van der Waals surface area contributed by atoms with E-state index >= 15 is 0 Å². The molecule has 0 spiro atoms. The number of hydrogen-bond acceptors (Lipinski definition) is 2. The van der Waals surface area contributed by atoms with E-state index in [1.54, 1.807) is 0 Å². The van der Waals surface area contributed by atoms with Crippen molar-refractivity contribution in [1.82, 2.24) is 10.6 Å². The monoisotopic (exact) mass is 195 g/mol. The van der Waals surface area contributed by atoms with Gasteiger partial charge in [-0.05, 0) is 32.1 Å². The SMILES string of the molecule is O=CNC1CCC1C(=O)N[C]1CCC1. The molecule has 77 valence electrons. The summed E-state index contributed by atoms with van der Waals surface area (Å²) in [6.45, 7) is 0. The van der Waals surface area contributed by atoms with E-state index < -0.39 is 0 Å². The molecule has 2 rings (SSSR count). The lowest BCUT2D eigenvalue weighted by Crippen LogP contribution is -2.51. The summed E-state index contributed by atoms with van der Waals surface area (Å²) in [4.78, 5) is 21.8. The van der Waals surface area contributed by atoms with Crippen molar-refractivity contribution in [3.8, 4) is 0 Å². The summed E-state index contributed by atoms with van der Waals surface area (Å²) in [7, 11) is 0. The molecule has 2 unspecified atom stereocenters. The van der Waals surface area contributed by atoms with Crippen LogP contribution in [0.4, 0.5) is 0 Å². The second-order valence-corrected chi connectivity index (χ2v) is 4.02. The Labute approximate surface area is 83.4 Å². The third-order valence-corrected chi connectivity index (χ3v) is 3.15. The van der Waals surface area contributed by atoms with E-state index in [1.165, 1.54) is 6.42 Å². The van der Waals surface area contributed by atoms with Gasteiger partial charge in [0.1, 0.15) is 0 Å². The van der Waals surface area contributed by atoms with E-state index in [9.17, 15) is 9.59 Å². The van der Waals surface area contributed by atoms with E-state index in [0.29, 0.717) is 6.41 Å². The molecule has 0 aromatic carbocycles. The predicted octanol–water partition coefficient (Wildman–Crippen LogP) is 0.343. The summed E-state index contributed by atoms with van der Waals surface area (Å²) in [5, 5.41) is 5.60. The third kappa shape index (κ3) is 1.74. The molecule has 2 saturated carbocycles. The van der Waals surface area contributed by atoms with Gasteiger partial charge in [-0.15, -0.1) is 0 Å². The van der Waals surface area contributed by atoms with Gasteiger partial charge in [-0.2, -0.15) is 0 Å². The standard InChI is InChI=1S/C10H15N2O2/c13-6-11-9-5-4-8(9)10(14)12-7-2-1-3-7/h6,8-9H,1-5H2,(H,11,13)(H,12,14). The van der Waals surface area contributed by atoms with Crippen LogP contribution in [0.15, 0.2) is 0 Å². The summed E-state index contributed by atoms with van der Waals surface area (Å²) >= 11 is 0. The van der Waals surface area contributed by atoms with Crippen molar-refractivity contribution in [2.45, 2.75) is 38.1 Å². The molecular weight excluding hydrogens is 180 g/mol. The van der Waals surface area contributed by atoms with Crippen molar-refractivity contribution in [3.05, 3.63) is 6.04 Å². The lowest BCUT2D eigenvalue weighted by atomic mass is 9.78. The predicted molar refractivity (Wildman–Crippen MR) is 50.9 cm³/mol. The van der Waals surface area contributed by atoms with Gasteiger partial charge >= 0.3 is 0 Å². The first kappa shape index (κ1) is 9.49. The van der Waals surface area contributed by atoms with E-state index in [0.717, 1.165) is 31.7 Å². The van der Waals surface area contributed by atoms with Crippen LogP contribution in [0.25, 0.3) is 0 Å². The van der Waals surface area contributed by atoms with Gasteiger partial charge in [-0.1, -0.05) is 0 Å². The number of nitrogens with one attached hydrogen (secondary N) is 2. The number of carbonyl (C=O) groups is 2. The molecule has 2 amide bonds. The molecule has 4 heteroatoms. The van der Waals surface area contributed by atoms with Crippen LogP contribution in [0.2, 0.25) is 0 Å². The summed E-state index contributed by atoms with van der Waals surface area (Å²) in [6, 6.07) is 1.22. The molecule has 4 nitrogen and oxygen atoms in total. The molecular formula is C10H15N2O2. The molecule has 0 bridgehead atoms. The second-order valence-electron chi connectivity index (χ2n) is 4.02. The van der Waals surface area contributed by atoms with Gasteiger partial charge in [0.15, 0.2) is 0 Å². The minimum absolute atomic E-state index is 0.00620. The molecule has 2 atom stereocenters. The van der Waals surface area contributed by atoms with Crippen LogP contribution in [0.5, 0.6) is 0 Å². The van der Waals surface area contributed by atoms with E-state index in [1.807, 2.05) is 0 Å². The van der Waals surface area contributed by atoms with Gasteiger partial charge in [0.25, 0.3) is 0 Å². The zero-order valence-electron chi connectivity index (χ0n) is 8.08. The van der Waals surface area contributed by atoms with Crippen molar-refractivity contribution in [2.75, 3.05) is 0 Å². The lowest BCUT2D eigenvalue weighted by molar-refractivity contribution is -0.129. The van der Waals surface area contributed by atoms with Crippen LogP contribution < -0.4 is 10.6 Å². The van der Waals surface area contributed by atoms with Crippen molar-refractivity contribution in [2.24, 2.45) is 5.92 Å². The molecule has 0 saturated heterocycles. The maximum Gasteiger partial charge on any atom is 0.225 e. The molecule has 0 heterocycles. The zero-order valence-corrected chi connectivity index (χ0v) is 8.08. The summed E-state index contributed by atoms with van der Waals surface area (Å²) in [5.74, 6) is 0.0820. The fraction of sp³-hybridized carbons (Fsp3) is 0.700. The van der Waals surface area contributed by atoms with E-state index in [-0.39, 0.29) is 17.9 Å².